The Labute approximate surface area is 77.5 Å². The number of hydrogen-bond donors (Lipinski definition) is 1. The molecule has 0 aliphatic carbocycles. The van der Waals surface area contributed by atoms with Gasteiger partial charge in [0.15, 0.2) is 5.78 Å². The number of carbonyl (C=O) groups excluding carboxylic acids is 1. The molecule has 0 spiro atoms. The van der Waals surface area contributed by atoms with Crippen LogP contribution >= 0.6 is 0 Å². The summed E-state index contributed by atoms with van der Waals surface area (Å²) in [4.78, 5) is 11.1. The highest BCUT2D eigenvalue weighted by molar-refractivity contribution is 5.97. The molecule has 13 heavy (non-hydrogen) atoms. The monoisotopic (exact) mass is 176 g/mol. The Balaban J connectivity index is 3.05. The second kappa shape index (κ2) is 4.58. The van der Waals surface area contributed by atoms with E-state index in [0.29, 0.717) is 5.56 Å². The third-order valence-electron chi connectivity index (χ3n) is 1.74. The fraction of sp³-hybridized carbons (Fsp3) is 0.182. The lowest BCUT2D eigenvalue weighted by Crippen LogP contribution is -1.94. The molecule has 0 heterocycles. The van der Waals surface area contributed by atoms with E-state index in [9.17, 15) is 4.79 Å². The van der Waals surface area contributed by atoms with Gasteiger partial charge in [-0.3, -0.25) is 4.79 Å². The van der Waals surface area contributed by atoms with E-state index in [4.69, 9.17) is 5.11 Å². The summed E-state index contributed by atoms with van der Waals surface area (Å²) >= 11 is 0. The molecule has 0 atom stereocenters. The van der Waals surface area contributed by atoms with Gasteiger partial charge in [0.05, 0.1) is 6.61 Å². The number of hydrogen-bond acceptors (Lipinski definition) is 2. The highest BCUT2D eigenvalue weighted by Crippen LogP contribution is 2.10. The average molecular weight is 176 g/mol. The number of ketones is 1. The number of carbonyl (C=O) groups is 1. The quantitative estimate of drug-likeness (QED) is 0.714. The molecule has 0 saturated heterocycles. The molecule has 1 rings (SSSR count). The summed E-state index contributed by atoms with van der Waals surface area (Å²) in [5.41, 5.74) is 1.54. The molecule has 0 fully saturated rings. The van der Waals surface area contributed by atoms with Crippen LogP contribution in [-0.4, -0.2) is 17.5 Å². The average Bonchev–Trinajstić information content (AvgIpc) is 2.15. The predicted molar refractivity (Wildman–Crippen MR) is 52.6 cm³/mol. The number of aliphatic hydroxyl groups is 1. The van der Waals surface area contributed by atoms with E-state index >= 15 is 0 Å². The second-order valence-corrected chi connectivity index (χ2v) is 2.73. The highest BCUT2D eigenvalue weighted by atomic mass is 16.2. The molecule has 1 aromatic carbocycles. The zero-order valence-electron chi connectivity index (χ0n) is 7.53. The van der Waals surface area contributed by atoms with Crippen molar-refractivity contribution in [3.05, 3.63) is 41.5 Å². The minimum Gasteiger partial charge on any atom is -0.392 e. The lowest BCUT2D eigenvalue weighted by atomic mass is 10.0. The van der Waals surface area contributed by atoms with Crippen molar-refractivity contribution in [1.82, 2.24) is 0 Å². The summed E-state index contributed by atoms with van der Waals surface area (Å²) < 4.78 is 0. The van der Waals surface area contributed by atoms with E-state index in [0.717, 1.165) is 5.56 Å². The Morgan fingerprint density at radius 3 is 2.77 bits per heavy atom. The van der Waals surface area contributed by atoms with E-state index in [-0.39, 0.29) is 12.4 Å². The van der Waals surface area contributed by atoms with Crippen LogP contribution in [0, 0.1) is 0 Å². The maximum atomic E-state index is 11.1. The van der Waals surface area contributed by atoms with Crippen molar-refractivity contribution in [2.45, 2.75) is 6.92 Å². The SMILES string of the molecule is CC(=O)c1ccccc1/C=C/CO. The van der Waals surface area contributed by atoms with Gasteiger partial charge in [0.1, 0.15) is 0 Å². The van der Waals surface area contributed by atoms with Crippen LogP contribution in [0.4, 0.5) is 0 Å². The highest BCUT2D eigenvalue weighted by Gasteiger charge is 2.01. The van der Waals surface area contributed by atoms with Gasteiger partial charge in [0.2, 0.25) is 0 Å². The minimum absolute atomic E-state index is 0.00770. The number of rotatable bonds is 3. The fourth-order valence-electron chi connectivity index (χ4n) is 1.14. The maximum absolute atomic E-state index is 11.1. The Bertz CT molecular complexity index is 327. The molecule has 2 nitrogen and oxygen atoms in total. The van der Waals surface area contributed by atoms with Gasteiger partial charge in [-0.05, 0) is 12.5 Å². The van der Waals surface area contributed by atoms with Gasteiger partial charge in [0, 0.05) is 5.56 Å². The van der Waals surface area contributed by atoms with Crippen molar-refractivity contribution in [3.8, 4) is 0 Å². The van der Waals surface area contributed by atoms with Crippen LogP contribution in [0.1, 0.15) is 22.8 Å². The zero-order valence-corrected chi connectivity index (χ0v) is 7.53. The first-order chi connectivity index (χ1) is 6.25. The van der Waals surface area contributed by atoms with E-state index in [1.54, 1.807) is 18.2 Å². The van der Waals surface area contributed by atoms with Crippen LogP contribution in [0.3, 0.4) is 0 Å². The van der Waals surface area contributed by atoms with Crippen molar-refractivity contribution in [2.24, 2.45) is 0 Å². The van der Waals surface area contributed by atoms with E-state index in [1.165, 1.54) is 6.92 Å². The number of aliphatic hydroxyl groups excluding tert-OH is 1. The summed E-state index contributed by atoms with van der Waals surface area (Å²) in [6.45, 7) is 1.53. The topological polar surface area (TPSA) is 37.3 Å². The van der Waals surface area contributed by atoms with Crippen LogP contribution in [0.15, 0.2) is 30.3 Å². The van der Waals surface area contributed by atoms with Gasteiger partial charge in [-0.2, -0.15) is 0 Å². The van der Waals surface area contributed by atoms with Crippen LogP contribution in [0.5, 0.6) is 0 Å². The molecule has 0 unspecified atom stereocenters. The fourth-order valence-corrected chi connectivity index (χ4v) is 1.14. The summed E-state index contributed by atoms with van der Waals surface area (Å²) in [6.07, 6.45) is 3.36. The second-order valence-electron chi connectivity index (χ2n) is 2.73. The Kier molecular flexibility index (Phi) is 3.41. The molecule has 0 radical (unpaired) electrons. The molecule has 0 aliphatic rings. The van der Waals surface area contributed by atoms with Gasteiger partial charge < -0.3 is 5.11 Å². The largest absolute Gasteiger partial charge is 0.392 e. The summed E-state index contributed by atoms with van der Waals surface area (Å²) in [6, 6.07) is 7.32. The van der Waals surface area contributed by atoms with Gasteiger partial charge in [-0.1, -0.05) is 36.4 Å². The van der Waals surface area contributed by atoms with Gasteiger partial charge in [0.25, 0.3) is 0 Å². The summed E-state index contributed by atoms with van der Waals surface area (Å²) in [5, 5.41) is 8.59. The molecular formula is C11H12O2. The normalized spacial score (nSPS) is 10.6. The first kappa shape index (κ1) is 9.68. The first-order valence-electron chi connectivity index (χ1n) is 4.13. The number of benzene rings is 1. The van der Waals surface area contributed by atoms with Crippen molar-refractivity contribution in [3.63, 3.8) is 0 Å². The molecule has 1 aromatic rings. The third-order valence-corrected chi connectivity index (χ3v) is 1.74. The predicted octanol–water partition coefficient (Wildman–Crippen LogP) is 1.89. The van der Waals surface area contributed by atoms with Gasteiger partial charge >= 0.3 is 0 Å². The summed E-state index contributed by atoms with van der Waals surface area (Å²) in [7, 11) is 0. The summed E-state index contributed by atoms with van der Waals surface area (Å²) in [5.74, 6) is 0.0400. The molecule has 2 heteroatoms. The van der Waals surface area contributed by atoms with Gasteiger partial charge in [-0.15, -0.1) is 0 Å². The van der Waals surface area contributed by atoms with Crippen LogP contribution in [0.25, 0.3) is 6.08 Å². The standard InChI is InChI=1S/C11H12O2/c1-9(13)11-7-3-2-5-10(11)6-4-8-12/h2-7,12H,8H2,1H3/b6-4+. The smallest absolute Gasteiger partial charge is 0.160 e. The van der Waals surface area contributed by atoms with E-state index in [1.807, 2.05) is 18.2 Å². The first-order valence-corrected chi connectivity index (χ1v) is 4.13. The van der Waals surface area contributed by atoms with E-state index < -0.39 is 0 Å². The number of Topliss-reactive ketones (excluding diaryl/α,β-unsaturated/α-hetero) is 1. The molecule has 1 N–H and O–H groups in total. The molecule has 0 saturated carbocycles. The van der Waals surface area contributed by atoms with E-state index in [2.05, 4.69) is 0 Å². The molecule has 0 bridgehead atoms. The Hall–Kier alpha value is -1.41. The lowest BCUT2D eigenvalue weighted by Gasteiger charge is -2.00. The van der Waals surface area contributed by atoms with Crippen molar-refractivity contribution < 1.29 is 9.90 Å². The lowest BCUT2D eigenvalue weighted by molar-refractivity contribution is 0.101. The van der Waals surface area contributed by atoms with Crippen LogP contribution in [-0.2, 0) is 0 Å². The molecule has 0 aliphatic heterocycles. The maximum Gasteiger partial charge on any atom is 0.160 e. The van der Waals surface area contributed by atoms with Crippen LogP contribution in [0.2, 0.25) is 0 Å². The third kappa shape index (κ3) is 2.53. The van der Waals surface area contributed by atoms with Crippen molar-refractivity contribution >= 4 is 11.9 Å². The molecule has 0 amide bonds. The van der Waals surface area contributed by atoms with Gasteiger partial charge in [-0.25, -0.2) is 0 Å². The van der Waals surface area contributed by atoms with Crippen molar-refractivity contribution in [1.29, 1.82) is 0 Å². The van der Waals surface area contributed by atoms with Crippen LogP contribution < -0.4 is 0 Å². The molecular weight excluding hydrogens is 164 g/mol. The zero-order chi connectivity index (χ0) is 9.68. The molecule has 0 aromatic heterocycles. The minimum atomic E-state index is -0.00770. The molecule has 68 valence electrons. The Morgan fingerprint density at radius 1 is 1.46 bits per heavy atom. The Morgan fingerprint density at radius 2 is 2.15 bits per heavy atom. The van der Waals surface area contributed by atoms with Crippen molar-refractivity contribution in [2.75, 3.05) is 6.61 Å².